The fraction of sp³-hybridized carbons (Fsp3) is 0.154. The first kappa shape index (κ1) is 13.1. The molecule has 1 aromatic carbocycles. The van der Waals surface area contributed by atoms with E-state index in [1.54, 1.807) is 0 Å². The van der Waals surface area contributed by atoms with Gasteiger partial charge in [-0.05, 0) is 23.8 Å². The monoisotopic (exact) mass is 264 g/mol. The van der Waals surface area contributed by atoms with Crippen LogP contribution in [-0.2, 0) is 6.42 Å². The van der Waals surface area contributed by atoms with Gasteiger partial charge < -0.3 is 4.74 Å². The molecule has 0 N–H and O–H groups in total. The standard InChI is InChI=1S/C13H10F2N2O2/c1-19-13-5-4-11(16-17-13)12(18)7-8-2-3-9(14)10(15)6-8/h2-6H,7H2,1H3. The quantitative estimate of drug-likeness (QED) is 0.794. The first-order valence-electron chi connectivity index (χ1n) is 5.45. The summed E-state index contributed by atoms with van der Waals surface area (Å²) in [6.45, 7) is 0. The van der Waals surface area contributed by atoms with E-state index in [1.165, 1.54) is 25.3 Å². The molecule has 1 aromatic heterocycles. The van der Waals surface area contributed by atoms with Crippen molar-refractivity contribution >= 4 is 5.78 Å². The van der Waals surface area contributed by atoms with E-state index in [0.717, 1.165) is 12.1 Å². The molecule has 1 heterocycles. The van der Waals surface area contributed by atoms with Crippen LogP contribution in [0.15, 0.2) is 30.3 Å². The molecule has 4 nitrogen and oxygen atoms in total. The van der Waals surface area contributed by atoms with Crippen molar-refractivity contribution in [1.82, 2.24) is 10.2 Å². The van der Waals surface area contributed by atoms with Crippen LogP contribution in [0, 0.1) is 11.6 Å². The van der Waals surface area contributed by atoms with Gasteiger partial charge in [-0.3, -0.25) is 4.79 Å². The second-order valence-electron chi connectivity index (χ2n) is 3.81. The number of ether oxygens (including phenoxy) is 1. The van der Waals surface area contributed by atoms with E-state index in [4.69, 9.17) is 4.74 Å². The van der Waals surface area contributed by atoms with Crippen molar-refractivity contribution in [1.29, 1.82) is 0 Å². The van der Waals surface area contributed by atoms with Gasteiger partial charge >= 0.3 is 0 Å². The second-order valence-corrected chi connectivity index (χ2v) is 3.81. The lowest BCUT2D eigenvalue weighted by atomic mass is 10.1. The zero-order chi connectivity index (χ0) is 13.8. The van der Waals surface area contributed by atoms with Gasteiger partial charge in [-0.2, -0.15) is 0 Å². The van der Waals surface area contributed by atoms with E-state index in [9.17, 15) is 13.6 Å². The molecule has 98 valence electrons. The number of ketones is 1. The molecule has 0 fully saturated rings. The summed E-state index contributed by atoms with van der Waals surface area (Å²) in [5, 5.41) is 7.36. The Labute approximate surface area is 108 Å². The van der Waals surface area contributed by atoms with Gasteiger partial charge in [-0.1, -0.05) is 6.07 Å². The number of hydrogen-bond acceptors (Lipinski definition) is 4. The average Bonchev–Trinajstić information content (AvgIpc) is 2.43. The molecule has 0 atom stereocenters. The van der Waals surface area contributed by atoms with Gasteiger partial charge in [0.25, 0.3) is 0 Å². The Kier molecular flexibility index (Phi) is 3.79. The zero-order valence-electron chi connectivity index (χ0n) is 10.1. The Bertz CT molecular complexity index is 600. The van der Waals surface area contributed by atoms with E-state index >= 15 is 0 Å². The number of carbonyl (C=O) groups is 1. The number of carbonyl (C=O) groups excluding carboxylic acids is 1. The third kappa shape index (κ3) is 3.09. The minimum absolute atomic E-state index is 0.0712. The van der Waals surface area contributed by atoms with Crippen LogP contribution < -0.4 is 4.74 Å². The van der Waals surface area contributed by atoms with Crippen molar-refractivity contribution in [2.75, 3.05) is 7.11 Å². The van der Waals surface area contributed by atoms with E-state index < -0.39 is 11.6 Å². The summed E-state index contributed by atoms with van der Waals surface area (Å²) < 4.78 is 30.6. The minimum Gasteiger partial charge on any atom is -0.480 e. The molecule has 0 bridgehead atoms. The van der Waals surface area contributed by atoms with Crippen LogP contribution in [0.1, 0.15) is 16.1 Å². The highest BCUT2D eigenvalue weighted by Gasteiger charge is 2.11. The first-order valence-corrected chi connectivity index (χ1v) is 5.45. The van der Waals surface area contributed by atoms with Gasteiger partial charge in [0.2, 0.25) is 5.88 Å². The van der Waals surface area contributed by atoms with E-state index in [1.807, 2.05) is 0 Å². The van der Waals surface area contributed by atoms with Crippen molar-refractivity contribution in [3.8, 4) is 5.88 Å². The Morgan fingerprint density at radius 1 is 1.16 bits per heavy atom. The largest absolute Gasteiger partial charge is 0.480 e. The van der Waals surface area contributed by atoms with E-state index in [-0.39, 0.29) is 17.9 Å². The molecule has 0 saturated carbocycles. The highest BCUT2D eigenvalue weighted by atomic mass is 19.2. The van der Waals surface area contributed by atoms with Gasteiger partial charge in [0.1, 0.15) is 5.69 Å². The number of benzene rings is 1. The molecule has 19 heavy (non-hydrogen) atoms. The van der Waals surface area contributed by atoms with Gasteiger partial charge in [-0.15, -0.1) is 10.2 Å². The normalized spacial score (nSPS) is 10.3. The lowest BCUT2D eigenvalue weighted by Crippen LogP contribution is -2.07. The van der Waals surface area contributed by atoms with Crippen LogP contribution in [0.4, 0.5) is 8.78 Å². The number of rotatable bonds is 4. The smallest absolute Gasteiger partial charge is 0.233 e. The number of halogens is 2. The summed E-state index contributed by atoms with van der Waals surface area (Å²) in [7, 11) is 1.44. The van der Waals surface area contributed by atoms with E-state index in [0.29, 0.717) is 11.4 Å². The van der Waals surface area contributed by atoms with Crippen LogP contribution >= 0.6 is 0 Å². The summed E-state index contributed by atoms with van der Waals surface area (Å²) >= 11 is 0. The van der Waals surface area contributed by atoms with Crippen molar-refractivity contribution < 1.29 is 18.3 Å². The maximum absolute atomic E-state index is 13.0. The molecule has 0 saturated heterocycles. The summed E-state index contributed by atoms with van der Waals surface area (Å²) in [5.41, 5.74) is 0.520. The molecule has 2 aromatic rings. The molecule has 0 spiro atoms. The first-order chi connectivity index (χ1) is 9.10. The van der Waals surface area contributed by atoms with Crippen LogP contribution in [0.5, 0.6) is 5.88 Å². The lowest BCUT2D eigenvalue weighted by Gasteiger charge is -2.02. The van der Waals surface area contributed by atoms with Crippen LogP contribution in [0.2, 0.25) is 0 Å². The lowest BCUT2D eigenvalue weighted by molar-refractivity contribution is 0.0987. The van der Waals surface area contributed by atoms with E-state index in [2.05, 4.69) is 10.2 Å². The average molecular weight is 264 g/mol. The van der Waals surface area contributed by atoms with Gasteiger partial charge in [0.15, 0.2) is 17.4 Å². The molecular formula is C13H10F2N2O2. The molecular weight excluding hydrogens is 254 g/mol. The van der Waals surface area contributed by atoms with Crippen LogP contribution in [0.3, 0.4) is 0 Å². The SMILES string of the molecule is COc1ccc(C(=O)Cc2ccc(F)c(F)c2)nn1. The predicted molar refractivity (Wildman–Crippen MR) is 63.0 cm³/mol. The maximum atomic E-state index is 13.0. The Hall–Kier alpha value is -2.37. The topological polar surface area (TPSA) is 52.1 Å². The molecule has 2 rings (SSSR count). The molecule has 0 aliphatic rings. The fourth-order valence-electron chi connectivity index (χ4n) is 1.50. The highest BCUT2D eigenvalue weighted by Crippen LogP contribution is 2.12. The van der Waals surface area contributed by atoms with Crippen LogP contribution in [0.25, 0.3) is 0 Å². The number of nitrogens with zero attached hydrogens (tertiary/aromatic N) is 2. The number of hydrogen-bond donors (Lipinski definition) is 0. The van der Waals surface area contributed by atoms with Crippen molar-refractivity contribution in [3.63, 3.8) is 0 Å². The zero-order valence-corrected chi connectivity index (χ0v) is 10.1. The Balaban J connectivity index is 2.13. The molecule has 6 heteroatoms. The third-order valence-corrected chi connectivity index (χ3v) is 2.48. The van der Waals surface area contributed by atoms with Gasteiger partial charge in [0.05, 0.1) is 7.11 Å². The van der Waals surface area contributed by atoms with Gasteiger partial charge in [0, 0.05) is 12.5 Å². The third-order valence-electron chi connectivity index (χ3n) is 2.48. The summed E-state index contributed by atoms with van der Waals surface area (Å²) in [6.07, 6.45) is -0.0712. The maximum Gasteiger partial charge on any atom is 0.233 e. The summed E-state index contributed by atoms with van der Waals surface area (Å²) in [4.78, 5) is 11.9. The number of aromatic nitrogens is 2. The molecule has 0 aliphatic heterocycles. The summed E-state index contributed by atoms with van der Waals surface area (Å²) in [6, 6.07) is 6.30. The van der Waals surface area contributed by atoms with Crippen molar-refractivity contribution in [3.05, 3.63) is 53.2 Å². The molecule has 0 aliphatic carbocycles. The highest BCUT2D eigenvalue weighted by molar-refractivity contribution is 5.95. The minimum atomic E-state index is -0.980. The van der Waals surface area contributed by atoms with Crippen molar-refractivity contribution in [2.24, 2.45) is 0 Å². The molecule has 0 radical (unpaired) electrons. The molecule has 0 unspecified atom stereocenters. The number of Topliss-reactive ketones (excluding diaryl/α,β-unsaturated/α-hetero) is 1. The summed E-state index contributed by atoms with van der Waals surface area (Å²) in [5.74, 6) is -1.96. The van der Waals surface area contributed by atoms with Gasteiger partial charge in [-0.25, -0.2) is 8.78 Å². The van der Waals surface area contributed by atoms with Crippen molar-refractivity contribution in [2.45, 2.75) is 6.42 Å². The Morgan fingerprint density at radius 2 is 1.95 bits per heavy atom. The Morgan fingerprint density at radius 3 is 2.53 bits per heavy atom. The van der Waals surface area contributed by atoms with Crippen LogP contribution in [-0.4, -0.2) is 23.1 Å². The molecule has 0 amide bonds. The fourth-order valence-corrected chi connectivity index (χ4v) is 1.50. The second kappa shape index (κ2) is 5.51. The predicted octanol–water partition coefficient (Wildman–Crippen LogP) is 2.19. The number of methoxy groups -OCH3 is 1.